The van der Waals surface area contributed by atoms with Crippen LogP contribution < -0.4 is 0 Å². The van der Waals surface area contributed by atoms with Crippen LogP contribution in [-0.2, 0) is 17.7 Å². The van der Waals surface area contributed by atoms with E-state index in [2.05, 4.69) is 29.7 Å². The first-order chi connectivity index (χ1) is 15.2. The first-order valence-electron chi connectivity index (χ1n) is 10.3. The number of benzene rings is 3. The number of nitrogens with zero attached hydrogens (tertiary/aromatic N) is 3. The number of carbonyl (C=O) groups excluding carboxylic acids is 1. The lowest BCUT2D eigenvalue weighted by Crippen LogP contribution is -2.09. The highest BCUT2D eigenvalue weighted by Crippen LogP contribution is 2.26. The Morgan fingerprint density at radius 1 is 1.06 bits per heavy atom. The number of fused-ring (bicyclic) bond motifs is 1. The number of carbonyl (C=O) groups is 1. The van der Waals surface area contributed by atoms with Gasteiger partial charge in [0.05, 0.1) is 35.3 Å². The van der Waals surface area contributed by atoms with E-state index in [-0.39, 0.29) is 5.97 Å². The molecule has 154 valence electrons. The zero-order valence-electron chi connectivity index (χ0n) is 17.6. The third-order valence-electron chi connectivity index (χ3n) is 5.38. The van der Waals surface area contributed by atoms with Crippen LogP contribution >= 0.6 is 0 Å². The van der Waals surface area contributed by atoms with E-state index in [4.69, 9.17) is 9.72 Å². The van der Waals surface area contributed by atoms with E-state index in [1.165, 1.54) is 7.11 Å². The summed E-state index contributed by atoms with van der Waals surface area (Å²) in [5, 5.41) is 9.38. The Kier molecular flexibility index (Phi) is 5.81. The van der Waals surface area contributed by atoms with Crippen molar-refractivity contribution in [1.82, 2.24) is 9.55 Å². The molecule has 5 heteroatoms. The summed E-state index contributed by atoms with van der Waals surface area (Å²) in [5.74, 6) is 0.589. The van der Waals surface area contributed by atoms with Crippen molar-refractivity contribution >= 4 is 17.0 Å². The van der Waals surface area contributed by atoms with Gasteiger partial charge in [0.2, 0.25) is 0 Å². The van der Waals surface area contributed by atoms with Crippen LogP contribution in [0.2, 0.25) is 0 Å². The molecule has 1 heterocycles. The lowest BCUT2D eigenvalue weighted by Gasteiger charge is -2.12. The molecule has 4 rings (SSSR count). The van der Waals surface area contributed by atoms with Gasteiger partial charge < -0.3 is 9.30 Å². The second kappa shape index (κ2) is 8.85. The van der Waals surface area contributed by atoms with Crippen LogP contribution in [0.3, 0.4) is 0 Å². The van der Waals surface area contributed by atoms with Gasteiger partial charge in [0.1, 0.15) is 5.82 Å². The topological polar surface area (TPSA) is 67.9 Å². The number of rotatable bonds is 6. The molecule has 0 spiro atoms. The van der Waals surface area contributed by atoms with Gasteiger partial charge in [-0.2, -0.15) is 5.26 Å². The van der Waals surface area contributed by atoms with Crippen LogP contribution in [0.5, 0.6) is 0 Å². The van der Waals surface area contributed by atoms with Crippen LogP contribution in [0, 0.1) is 11.3 Å². The van der Waals surface area contributed by atoms with Gasteiger partial charge in [-0.25, -0.2) is 9.78 Å². The summed E-state index contributed by atoms with van der Waals surface area (Å²) >= 11 is 0. The number of ether oxygens (including phenoxy) is 1. The van der Waals surface area contributed by atoms with Crippen molar-refractivity contribution in [1.29, 1.82) is 5.26 Å². The standard InChI is InChI=1S/C26H23N3O2/c1-3-7-24-28-23-11-6-10-22(26(30)31-2)25(23)29(24)17-18-12-14-19(15-13-18)21-9-5-4-8-20(21)16-27/h4-6,8-15H,3,7,17H2,1-2H3. The van der Waals surface area contributed by atoms with E-state index in [1.54, 1.807) is 6.07 Å². The third-order valence-corrected chi connectivity index (χ3v) is 5.38. The number of aryl methyl sites for hydroxylation is 1. The van der Waals surface area contributed by atoms with E-state index in [9.17, 15) is 10.1 Å². The molecule has 5 nitrogen and oxygen atoms in total. The van der Waals surface area contributed by atoms with Crippen molar-refractivity contribution in [3.8, 4) is 17.2 Å². The fourth-order valence-corrected chi connectivity index (χ4v) is 3.90. The summed E-state index contributed by atoms with van der Waals surface area (Å²) in [6, 6.07) is 23.6. The second-order valence-corrected chi connectivity index (χ2v) is 7.38. The van der Waals surface area contributed by atoms with Crippen LogP contribution in [-0.4, -0.2) is 22.6 Å². The fourth-order valence-electron chi connectivity index (χ4n) is 3.90. The molecular weight excluding hydrogens is 386 g/mol. The molecule has 31 heavy (non-hydrogen) atoms. The Morgan fingerprint density at radius 3 is 2.55 bits per heavy atom. The van der Waals surface area contributed by atoms with Gasteiger partial charge in [0.25, 0.3) is 0 Å². The lowest BCUT2D eigenvalue weighted by molar-refractivity contribution is 0.0602. The number of imidazole rings is 1. The van der Waals surface area contributed by atoms with E-state index in [0.717, 1.165) is 46.4 Å². The Labute approximate surface area is 181 Å². The minimum Gasteiger partial charge on any atom is -0.465 e. The van der Waals surface area contributed by atoms with Crippen LogP contribution in [0.15, 0.2) is 66.7 Å². The van der Waals surface area contributed by atoms with Gasteiger partial charge in [-0.3, -0.25) is 0 Å². The quantitative estimate of drug-likeness (QED) is 0.402. The Bertz CT molecular complexity index is 1280. The van der Waals surface area contributed by atoms with Crippen molar-refractivity contribution in [3.05, 3.63) is 89.2 Å². The maximum atomic E-state index is 12.4. The molecule has 0 N–H and O–H groups in total. The Morgan fingerprint density at radius 2 is 1.84 bits per heavy atom. The molecule has 0 saturated heterocycles. The molecule has 3 aromatic carbocycles. The summed E-state index contributed by atoms with van der Waals surface area (Å²) in [7, 11) is 1.40. The lowest BCUT2D eigenvalue weighted by atomic mass is 9.99. The summed E-state index contributed by atoms with van der Waals surface area (Å²) in [6.45, 7) is 2.71. The number of hydrogen-bond acceptors (Lipinski definition) is 4. The molecule has 0 atom stereocenters. The molecule has 0 amide bonds. The van der Waals surface area contributed by atoms with Crippen molar-refractivity contribution in [3.63, 3.8) is 0 Å². The molecule has 0 aliphatic heterocycles. The molecule has 0 fully saturated rings. The van der Waals surface area contributed by atoms with Crippen molar-refractivity contribution in [2.45, 2.75) is 26.3 Å². The van der Waals surface area contributed by atoms with Gasteiger partial charge in [-0.15, -0.1) is 0 Å². The zero-order chi connectivity index (χ0) is 21.8. The van der Waals surface area contributed by atoms with E-state index < -0.39 is 0 Å². The zero-order valence-corrected chi connectivity index (χ0v) is 17.6. The highest BCUT2D eigenvalue weighted by atomic mass is 16.5. The number of methoxy groups -OCH3 is 1. The number of nitriles is 1. The van der Waals surface area contributed by atoms with E-state index in [0.29, 0.717) is 17.7 Å². The summed E-state index contributed by atoms with van der Waals surface area (Å²) < 4.78 is 7.11. The summed E-state index contributed by atoms with van der Waals surface area (Å²) in [5.41, 5.74) is 5.79. The van der Waals surface area contributed by atoms with Crippen LogP contribution in [0.1, 0.15) is 40.7 Å². The average molecular weight is 409 g/mol. The van der Waals surface area contributed by atoms with Crippen molar-refractivity contribution in [2.24, 2.45) is 0 Å². The molecule has 0 radical (unpaired) electrons. The highest BCUT2D eigenvalue weighted by molar-refractivity contribution is 6.02. The number of hydrogen-bond donors (Lipinski definition) is 0. The third kappa shape index (κ3) is 3.93. The molecule has 0 unspecified atom stereocenters. The molecule has 0 saturated carbocycles. The average Bonchev–Trinajstić information content (AvgIpc) is 3.16. The number of para-hydroxylation sites is 1. The molecule has 0 aliphatic rings. The first kappa shape index (κ1) is 20.4. The molecule has 1 aromatic heterocycles. The molecule has 4 aromatic rings. The van der Waals surface area contributed by atoms with E-state index in [1.807, 2.05) is 48.5 Å². The minimum atomic E-state index is -0.363. The Balaban J connectivity index is 1.75. The van der Waals surface area contributed by atoms with Crippen molar-refractivity contribution in [2.75, 3.05) is 7.11 Å². The van der Waals surface area contributed by atoms with Gasteiger partial charge in [-0.1, -0.05) is 55.5 Å². The van der Waals surface area contributed by atoms with Crippen LogP contribution in [0.25, 0.3) is 22.2 Å². The minimum absolute atomic E-state index is 0.363. The maximum Gasteiger partial charge on any atom is 0.340 e. The smallest absolute Gasteiger partial charge is 0.340 e. The largest absolute Gasteiger partial charge is 0.465 e. The summed E-state index contributed by atoms with van der Waals surface area (Å²) in [6.07, 6.45) is 1.78. The van der Waals surface area contributed by atoms with Crippen LogP contribution in [0.4, 0.5) is 0 Å². The molecule has 0 aliphatic carbocycles. The highest BCUT2D eigenvalue weighted by Gasteiger charge is 2.18. The normalized spacial score (nSPS) is 10.7. The number of aromatic nitrogens is 2. The van der Waals surface area contributed by atoms with Gasteiger partial charge in [0.15, 0.2) is 0 Å². The molecular formula is C26H23N3O2. The fraction of sp³-hybridized carbons (Fsp3) is 0.192. The first-order valence-corrected chi connectivity index (χ1v) is 10.3. The maximum absolute atomic E-state index is 12.4. The summed E-state index contributed by atoms with van der Waals surface area (Å²) in [4.78, 5) is 17.2. The van der Waals surface area contributed by atoms with Gasteiger partial charge in [0, 0.05) is 13.0 Å². The van der Waals surface area contributed by atoms with E-state index >= 15 is 0 Å². The van der Waals surface area contributed by atoms with Gasteiger partial charge >= 0.3 is 5.97 Å². The molecule has 0 bridgehead atoms. The monoisotopic (exact) mass is 409 g/mol. The SMILES string of the molecule is CCCc1nc2cccc(C(=O)OC)c2n1Cc1ccc(-c2ccccc2C#N)cc1. The Hall–Kier alpha value is -3.91. The predicted octanol–water partition coefficient (Wildman–Crippen LogP) is 5.36. The predicted molar refractivity (Wildman–Crippen MR) is 121 cm³/mol. The van der Waals surface area contributed by atoms with Gasteiger partial charge in [-0.05, 0) is 41.3 Å². The second-order valence-electron chi connectivity index (χ2n) is 7.38. The van der Waals surface area contributed by atoms with Crippen molar-refractivity contribution < 1.29 is 9.53 Å². The number of esters is 1.